The van der Waals surface area contributed by atoms with Crippen molar-refractivity contribution in [3.63, 3.8) is 0 Å². The molecule has 1 amide bonds. The zero-order valence-corrected chi connectivity index (χ0v) is 14.5. The Morgan fingerprint density at radius 2 is 1.81 bits per heavy atom. The third kappa shape index (κ3) is 3.80. The van der Waals surface area contributed by atoms with Gasteiger partial charge in [-0.1, -0.05) is 12.1 Å². The number of nitrogens with zero attached hydrogens (tertiary/aromatic N) is 1. The average Bonchev–Trinajstić information content (AvgIpc) is 3.03. The van der Waals surface area contributed by atoms with Gasteiger partial charge in [0.15, 0.2) is 0 Å². The number of hydrogen-bond acceptors (Lipinski definition) is 5. The molecular weight excluding hydrogens is 364 g/mol. The second-order valence-electron chi connectivity index (χ2n) is 5.41. The molecule has 8 heteroatoms. The van der Waals surface area contributed by atoms with Crippen LogP contribution in [0.1, 0.15) is 21.3 Å². The Balaban J connectivity index is 1.83. The molecule has 5 nitrogen and oxygen atoms in total. The van der Waals surface area contributed by atoms with E-state index in [9.17, 15) is 18.4 Å². The fourth-order valence-electron chi connectivity index (χ4n) is 2.64. The molecule has 1 atom stereocenters. The van der Waals surface area contributed by atoms with E-state index in [1.165, 1.54) is 31.0 Å². The normalized spacial score (nSPS) is 16.8. The van der Waals surface area contributed by atoms with Gasteiger partial charge in [-0.25, -0.2) is 4.79 Å². The van der Waals surface area contributed by atoms with E-state index < -0.39 is 12.6 Å². The van der Waals surface area contributed by atoms with Crippen LogP contribution in [0.3, 0.4) is 0 Å². The van der Waals surface area contributed by atoms with E-state index in [1.54, 1.807) is 41.3 Å². The highest BCUT2D eigenvalue weighted by molar-refractivity contribution is 8.00. The molecule has 1 heterocycles. The van der Waals surface area contributed by atoms with Crippen LogP contribution in [0.2, 0.25) is 0 Å². The SMILES string of the molecule is COC(=O)c1ccc(N2C(=O)CS[C@@H]2c2ccc(OC(F)F)cc2)cc1. The van der Waals surface area contributed by atoms with E-state index in [0.717, 1.165) is 5.56 Å². The number of ether oxygens (including phenoxy) is 2. The molecule has 0 aliphatic carbocycles. The van der Waals surface area contributed by atoms with Crippen LogP contribution in [0.5, 0.6) is 5.75 Å². The van der Waals surface area contributed by atoms with Crippen LogP contribution in [0.4, 0.5) is 14.5 Å². The Labute approximate surface area is 152 Å². The number of anilines is 1. The van der Waals surface area contributed by atoms with Crippen molar-refractivity contribution >= 4 is 29.3 Å². The van der Waals surface area contributed by atoms with Gasteiger partial charge in [-0.15, -0.1) is 11.8 Å². The van der Waals surface area contributed by atoms with Crippen molar-refractivity contribution in [2.45, 2.75) is 12.0 Å². The molecule has 1 aliphatic heterocycles. The fraction of sp³-hybridized carbons (Fsp3) is 0.222. The molecule has 3 rings (SSSR count). The van der Waals surface area contributed by atoms with E-state index in [-0.39, 0.29) is 17.0 Å². The number of benzene rings is 2. The largest absolute Gasteiger partial charge is 0.465 e. The summed E-state index contributed by atoms with van der Waals surface area (Å²) in [4.78, 5) is 25.5. The minimum absolute atomic E-state index is 0.0621. The van der Waals surface area contributed by atoms with Crippen LogP contribution < -0.4 is 9.64 Å². The van der Waals surface area contributed by atoms with E-state index in [2.05, 4.69) is 9.47 Å². The molecule has 0 aromatic heterocycles. The number of thioether (sulfide) groups is 1. The molecule has 26 heavy (non-hydrogen) atoms. The molecule has 0 unspecified atom stereocenters. The lowest BCUT2D eigenvalue weighted by molar-refractivity contribution is -0.115. The molecular formula is C18H15F2NO4S. The average molecular weight is 379 g/mol. The second-order valence-corrected chi connectivity index (χ2v) is 6.48. The summed E-state index contributed by atoms with van der Waals surface area (Å²) in [5.41, 5.74) is 1.82. The lowest BCUT2D eigenvalue weighted by atomic mass is 10.1. The monoisotopic (exact) mass is 379 g/mol. The summed E-state index contributed by atoms with van der Waals surface area (Å²) in [7, 11) is 1.30. The molecule has 2 aromatic rings. The summed E-state index contributed by atoms with van der Waals surface area (Å²) in [5, 5.41) is -0.285. The molecule has 0 saturated carbocycles. The summed E-state index contributed by atoms with van der Waals surface area (Å²) in [6.45, 7) is -2.88. The highest BCUT2D eigenvalue weighted by atomic mass is 32.2. The van der Waals surface area contributed by atoms with Gasteiger partial charge in [0, 0.05) is 5.69 Å². The molecule has 1 aliphatic rings. The summed E-state index contributed by atoms with van der Waals surface area (Å²) >= 11 is 1.44. The Bertz CT molecular complexity index is 796. The molecule has 0 N–H and O–H groups in total. The molecule has 1 fully saturated rings. The lowest BCUT2D eigenvalue weighted by Gasteiger charge is -2.24. The number of carbonyl (C=O) groups excluding carboxylic acids is 2. The number of hydrogen-bond donors (Lipinski definition) is 0. The van der Waals surface area contributed by atoms with Crippen molar-refractivity contribution in [1.29, 1.82) is 0 Å². The number of halogens is 2. The quantitative estimate of drug-likeness (QED) is 0.739. The van der Waals surface area contributed by atoms with Crippen molar-refractivity contribution in [2.24, 2.45) is 0 Å². The standard InChI is InChI=1S/C18H15F2NO4S/c1-24-17(23)12-2-6-13(7-3-12)21-15(22)10-26-16(21)11-4-8-14(9-5-11)25-18(19)20/h2-9,16,18H,10H2,1H3/t16-/m1/s1. The predicted molar refractivity (Wildman–Crippen MR) is 93.5 cm³/mol. The maximum Gasteiger partial charge on any atom is 0.387 e. The number of rotatable bonds is 5. The van der Waals surface area contributed by atoms with Gasteiger partial charge in [-0.3, -0.25) is 9.69 Å². The molecule has 0 radical (unpaired) electrons. The Hall–Kier alpha value is -2.61. The zero-order chi connectivity index (χ0) is 18.7. The molecule has 136 valence electrons. The van der Waals surface area contributed by atoms with Crippen molar-refractivity contribution in [3.05, 3.63) is 59.7 Å². The molecule has 2 aromatic carbocycles. The van der Waals surface area contributed by atoms with Crippen LogP contribution in [-0.4, -0.2) is 31.4 Å². The van der Waals surface area contributed by atoms with Crippen LogP contribution in [0.15, 0.2) is 48.5 Å². The molecule has 0 bridgehead atoms. The van der Waals surface area contributed by atoms with E-state index in [1.807, 2.05) is 0 Å². The van der Waals surface area contributed by atoms with Crippen molar-refractivity contribution in [2.75, 3.05) is 17.8 Å². The van der Waals surface area contributed by atoms with Gasteiger partial charge in [-0.05, 0) is 42.0 Å². The third-order valence-corrected chi connectivity index (χ3v) is 5.04. The highest BCUT2D eigenvalue weighted by Crippen LogP contribution is 2.42. The van der Waals surface area contributed by atoms with Crippen molar-refractivity contribution in [1.82, 2.24) is 0 Å². The first-order valence-corrected chi connectivity index (χ1v) is 8.71. The first-order valence-electron chi connectivity index (χ1n) is 7.66. The maximum atomic E-state index is 12.3. The van der Waals surface area contributed by atoms with E-state index in [4.69, 9.17) is 0 Å². The van der Waals surface area contributed by atoms with E-state index in [0.29, 0.717) is 17.0 Å². The zero-order valence-electron chi connectivity index (χ0n) is 13.7. The van der Waals surface area contributed by atoms with Crippen molar-refractivity contribution < 1.29 is 27.8 Å². The Kier molecular flexibility index (Phi) is 5.41. The second kappa shape index (κ2) is 7.74. The van der Waals surface area contributed by atoms with Gasteiger partial charge in [0.1, 0.15) is 11.1 Å². The number of amides is 1. The first-order chi connectivity index (χ1) is 12.5. The van der Waals surface area contributed by atoms with Crippen LogP contribution in [-0.2, 0) is 9.53 Å². The minimum Gasteiger partial charge on any atom is -0.465 e. The smallest absolute Gasteiger partial charge is 0.387 e. The summed E-state index contributed by atoms with van der Waals surface area (Å²) in [6.07, 6.45) is 0. The fourth-order valence-corrected chi connectivity index (χ4v) is 3.82. The van der Waals surface area contributed by atoms with Crippen LogP contribution >= 0.6 is 11.8 Å². The van der Waals surface area contributed by atoms with Gasteiger partial charge in [-0.2, -0.15) is 8.78 Å². The number of carbonyl (C=O) groups is 2. The van der Waals surface area contributed by atoms with Gasteiger partial charge < -0.3 is 9.47 Å². The first kappa shape index (κ1) is 18.2. The summed E-state index contributed by atoms with van der Waals surface area (Å²) in [5.74, 6) is -0.158. The minimum atomic E-state index is -2.88. The molecule has 1 saturated heterocycles. The third-order valence-electron chi connectivity index (χ3n) is 3.82. The van der Waals surface area contributed by atoms with Gasteiger partial charge in [0.25, 0.3) is 0 Å². The number of esters is 1. The van der Waals surface area contributed by atoms with Crippen LogP contribution in [0, 0.1) is 0 Å². The Morgan fingerprint density at radius 3 is 2.38 bits per heavy atom. The van der Waals surface area contributed by atoms with Gasteiger partial charge in [0.05, 0.1) is 18.4 Å². The number of alkyl halides is 2. The van der Waals surface area contributed by atoms with Crippen molar-refractivity contribution in [3.8, 4) is 5.75 Å². The topological polar surface area (TPSA) is 55.8 Å². The number of methoxy groups -OCH3 is 1. The lowest BCUT2D eigenvalue weighted by Crippen LogP contribution is -2.27. The highest BCUT2D eigenvalue weighted by Gasteiger charge is 2.34. The Morgan fingerprint density at radius 1 is 1.15 bits per heavy atom. The summed E-state index contributed by atoms with van der Waals surface area (Å²) in [6, 6.07) is 12.7. The summed E-state index contributed by atoms with van der Waals surface area (Å²) < 4.78 is 33.5. The maximum absolute atomic E-state index is 12.3. The predicted octanol–water partition coefficient (Wildman–Crippen LogP) is 3.85. The van der Waals surface area contributed by atoms with Gasteiger partial charge in [0.2, 0.25) is 5.91 Å². The molecule has 0 spiro atoms. The van der Waals surface area contributed by atoms with Gasteiger partial charge >= 0.3 is 12.6 Å². The van der Waals surface area contributed by atoms with E-state index >= 15 is 0 Å². The van der Waals surface area contributed by atoms with Crippen LogP contribution in [0.25, 0.3) is 0 Å².